The molecule has 1 fully saturated rings. The number of thiophene rings is 1. The summed E-state index contributed by atoms with van der Waals surface area (Å²) in [6.07, 6.45) is 2.15. The van der Waals surface area contributed by atoms with E-state index >= 15 is 0 Å². The summed E-state index contributed by atoms with van der Waals surface area (Å²) in [5.74, 6) is 0.441. The lowest BCUT2D eigenvalue weighted by atomic mass is 9.61. The Balaban J connectivity index is 2.01. The molecule has 20 heavy (non-hydrogen) atoms. The molecule has 110 valence electrons. The number of amidine groups is 1. The second-order valence-corrected chi connectivity index (χ2v) is 6.67. The molecule has 1 heterocycles. The first kappa shape index (κ1) is 14.8. The molecule has 0 saturated heterocycles. The molecule has 0 radical (unpaired) electrons. The first-order chi connectivity index (χ1) is 9.49. The van der Waals surface area contributed by atoms with E-state index in [0.717, 1.165) is 6.42 Å². The summed E-state index contributed by atoms with van der Waals surface area (Å²) in [7, 11) is 1.78. The molecule has 1 aromatic rings. The van der Waals surface area contributed by atoms with Gasteiger partial charge in [-0.15, -0.1) is 11.3 Å². The van der Waals surface area contributed by atoms with Crippen LogP contribution in [0, 0.1) is 11.3 Å². The summed E-state index contributed by atoms with van der Waals surface area (Å²) < 4.78 is 0. The molecule has 1 aromatic heterocycles. The molecular formula is C14H21N3O2S. The van der Waals surface area contributed by atoms with Crippen LogP contribution in [-0.4, -0.2) is 35.4 Å². The van der Waals surface area contributed by atoms with Crippen LogP contribution in [0.5, 0.6) is 0 Å². The van der Waals surface area contributed by atoms with Crippen LogP contribution < -0.4 is 5.73 Å². The first-order valence-corrected chi connectivity index (χ1v) is 7.63. The SMILES string of the molecule is CC1CC(C(=O)N(C)CCc2cccs2)(/C(N)=N/O)C1. The third kappa shape index (κ3) is 2.65. The molecule has 0 unspecified atom stereocenters. The van der Waals surface area contributed by atoms with Crippen molar-refractivity contribution in [2.45, 2.75) is 26.2 Å². The highest BCUT2D eigenvalue weighted by Gasteiger charge is 2.53. The second kappa shape index (κ2) is 5.83. The van der Waals surface area contributed by atoms with E-state index in [1.54, 1.807) is 23.3 Å². The quantitative estimate of drug-likeness (QED) is 0.377. The molecule has 2 rings (SSSR count). The van der Waals surface area contributed by atoms with E-state index in [-0.39, 0.29) is 11.7 Å². The molecular weight excluding hydrogens is 274 g/mol. The van der Waals surface area contributed by atoms with Crippen LogP contribution in [0.25, 0.3) is 0 Å². The Labute approximate surface area is 123 Å². The molecule has 0 atom stereocenters. The maximum atomic E-state index is 12.6. The van der Waals surface area contributed by atoms with E-state index in [0.29, 0.717) is 25.3 Å². The second-order valence-electron chi connectivity index (χ2n) is 5.64. The zero-order chi connectivity index (χ0) is 14.8. The number of hydrogen-bond donors (Lipinski definition) is 2. The first-order valence-electron chi connectivity index (χ1n) is 6.75. The number of hydrogen-bond acceptors (Lipinski definition) is 4. The Bertz CT molecular complexity index is 493. The third-order valence-corrected chi connectivity index (χ3v) is 4.96. The minimum absolute atomic E-state index is 0.0394. The van der Waals surface area contributed by atoms with Crippen molar-refractivity contribution in [3.8, 4) is 0 Å². The summed E-state index contributed by atoms with van der Waals surface area (Å²) in [4.78, 5) is 15.6. The molecule has 0 bridgehead atoms. The average molecular weight is 295 g/mol. The van der Waals surface area contributed by atoms with Gasteiger partial charge in [0.2, 0.25) is 5.91 Å². The standard InChI is InChI=1S/C14H21N3O2S/c1-10-8-14(9-10,12(15)16-19)13(18)17(2)6-5-11-4-3-7-20-11/h3-4,7,10,19H,5-6,8-9H2,1-2H3,(H2,15,16). The van der Waals surface area contributed by atoms with Gasteiger partial charge in [0.05, 0.1) is 0 Å². The fourth-order valence-electron chi connectivity index (χ4n) is 2.92. The van der Waals surface area contributed by atoms with Gasteiger partial charge in [-0.3, -0.25) is 4.79 Å². The van der Waals surface area contributed by atoms with E-state index in [2.05, 4.69) is 18.1 Å². The number of carbonyl (C=O) groups excluding carboxylic acids is 1. The number of nitrogens with zero attached hydrogens (tertiary/aromatic N) is 2. The smallest absolute Gasteiger partial charge is 0.236 e. The van der Waals surface area contributed by atoms with Crippen molar-refractivity contribution in [3.05, 3.63) is 22.4 Å². The third-order valence-electron chi connectivity index (χ3n) is 4.02. The Morgan fingerprint density at radius 1 is 1.65 bits per heavy atom. The molecule has 0 aromatic carbocycles. The number of amides is 1. The van der Waals surface area contributed by atoms with Crippen molar-refractivity contribution in [1.82, 2.24) is 4.90 Å². The van der Waals surface area contributed by atoms with E-state index in [9.17, 15) is 4.79 Å². The number of nitrogens with two attached hydrogens (primary N) is 1. The number of oxime groups is 1. The minimum Gasteiger partial charge on any atom is -0.409 e. The Morgan fingerprint density at radius 2 is 2.35 bits per heavy atom. The minimum atomic E-state index is -0.793. The predicted molar refractivity (Wildman–Crippen MR) is 79.9 cm³/mol. The van der Waals surface area contributed by atoms with Crippen molar-refractivity contribution in [1.29, 1.82) is 0 Å². The maximum Gasteiger partial charge on any atom is 0.236 e. The molecule has 3 N–H and O–H groups in total. The molecule has 1 aliphatic rings. The lowest BCUT2D eigenvalue weighted by Crippen LogP contribution is -2.57. The van der Waals surface area contributed by atoms with Gasteiger partial charge in [-0.1, -0.05) is 18.1 Å². The number of rotatable bonds is 5. The molecule has 0 spiro atoms. The van der Waals surface area contributed by atoms with Gasteiger partial charge in [-0.25, -0.2) is 0 Å². The van der Waals surface area contributed by atoms with Crippen LogP contribution in [0.4, 0.5) is 0 Å². The number of carbonyl (C=O) groups is 1. The van der Waals surface area contributed by atoms with Gasteiger partial charge in [0, 0.05) is 18.5 Å². The van der Waals surface area contributed by atoms with Gasteiger partial charge in [0.1, 0.15) is 5.41 Å². The fourth-order valence-corrected chi connectivity index (χ4v) is 3.62. The average Bonchev–Trinajstić information content (AvgIpc) is 2.92. The van der Waals surface area contributed by atoms with Crippen molar-refractivity contribution in [2.75, 3.05) is 13.6 Å². The Morgan fingerprint density at radius 3 is 2.85 bits per heavy atom. The van der Waals surface area contributed by atoms with E-state index in [1.165, 1.54) is 4.88 Å². The van der Waals surface area contributed by atoms with Crippen LogP contribution in [-0.2, 0) is 11.2 Å². The van der Waals surface area contributed by atoms with Gasteiger partial charge in [0.15, 0.2) is 5.84 Å². The molecule has 6 heteroatoms. The van der Waals surface area contributed by atoms with Gasteiger partial charge in [-0.05, 0) is 36.6 Å². The molecule has 1 amide bonds. The predicted octanol–water partition coefficient (Wildman–Crippen LogP) is 1.91. The highest BCUT2D eigenvalue weighted by Crippen LogP contribution is 2.46. The van der Waals surface area contributed by atoms with Crippen molar-refractivity contribution < 1.29 is 10.0 Å². The van der Waals surface area contributed by atoms with Crippen LogP contribution >= 0.6 is 11.3 Å². The maximum absolute atomic E-state index is 12.6. The Kier molecular flexibility index (Phi) is 4.32. The van der Waals surface area contributed by atoms with Crippen LogP contribution in [0.1, 0.15) is 24.6 Å². The van der Waals surface area contributed by atoms with Gasteiger partial charge in [-0.2, -0.15) is 0 Å². The van der Waals surface area contributed by atoms with Gasteiger partial charge >= 0.3 is 0 Å². The zero-order valence-corrected chi connectivity index (χ0v) is 12.7. The molecule has 5 nitrogen and oxygen atoms in total. The van der Waals surface area contributed by atoms with E-state index in [4.69, 9.17) is 10.9 Å². The normalized spacial score (nSPS) is 26.1. The summed E-state index contributed by atoms with van der Waals surface area (Å²) in [6.45, 7) is 2.72. The van der Waals surface area contributed by atoms with Gasteiger partial charge in [0.25, 0.3) is 0 Å². The van der Waals surface area contributed by atoms with Crippen LogP contribution in [0.2, 0.25) is 0 Å². The lowest BCUT2D eigenvalue weighted by Gasteiger charge is -2.45. The largest absolute Gasteiger partial charge is 0.409 e. The highest BCUT2D eigenvalue weighted by molar-refractivity contribution is 7.09. The zero-order valence-electron chi connectivity index (χ0n) is 11.9. The summed E-state index contributed by atoms with van der Waals surface area (Å²) in [6, 6.07) is 4.07. The number of likely N-dealkylation sites (N-methyl/N-ethyl adjacent to an activating group) is 1. The lowest BCUT2D eigenvalue weighted by molar-refractivity contribution is -0.142. The summed E-state index contributed by atoms with van der Waals surface area (Å²) >= 11 is 1.69. The Hall–Kier alpha value is -1.56. The van der Waals surface area contributed by atoms with E-state index < -0.39 is 5.41 Å². The summed E-state index contributed by atoms with van der Waals surface area (Å²) in [5.41, 5.74) is 4.97. The molecule has 1 saturated carbocycles. The van der Waals surface area contributed by atoms with Crippen molar-refractivity contribution in [3.63, 3.8) is 0 Å². The molecule has 0 aliphatic heterocycles. The highest BCUT2D eigenvalue weighted by atomic mass is 32.1. The fraction of sp³-hybridized carbons (Fsp3) is 0.571. The van der Waals surface area contributed by atoms with Crippen molar-refractivity contribution in [2.24, 2.45) is 22.2 Å². The monoisotopic (exact) mass is 295 g/mol. The van der Waals surface area contributed by atoms with Crippen LogP contribution in [0.15, 0.2) is 22.7 Å². The summed E-state index contributed by atoms with van der Waals surface area (Å²) in [5, 5.41) is 14.0. The topological polar surface area (TPSA) is 78.9 Å². The van der Waals surface area contributed by atoms with Gasteiger partial charge < -0.3 is 15.8 Å². The molecule has 1 aliphatic carbocycles. The van der Waals surface area contributed by atoms with Crippen LogP contribution in [0.3, 0.4) is 0 Å². The van der Waals surface area contributed by atoms with E-state index in [1.807, 2.05) is 11.4 Å². The van der Waals surface area contributed by atoms with Crippen molar-refractivity contribution >= 4 is 23.1 Å².